The normalized spacial score (nSPS) is 17.1. The molecule has 1 saturated carbocycles. The molecule has 21 heavy (non-hydrogen) atoms. The number of carbonyl (C=O) groups excluding carboxylic acids is 1. The highest BCUT2D eigenvalue weighted by molar-refractivity contribution is 7.20. The topological polar surface area (TPSA) is 68.0 Å². The lowest BCUT2D eigenvalue weighted by molar-refractivity contribution is 0.0892. The number of thiophene rings is 1. The molecule has 1 amide bonds. The monoisotopic (exact) mass is 345 g/mol. The zero-order valence-electron chi connectivity index (χ0n) is 11.3. The van der Waals surface area contributed by atoms with Crippen molar-refractivity contribution in [1.29, 1.82) is 0 Å². The molecule has 3 rings (SSSR count). The minimum Gasteiger partial charge on any atom is -0.340 e. The maximum absolute atomic E-state index is 12.5. The van der Waals surface area contributed by atoms with Crippen molar-refractivity contribution in [2.24, 2.45) is 0 Å². The van der Waals surface area contributed by atoms with Crippen molar-refractivity contribution in [2.45, 2.75) is 38.1 Å². The maximum Gasteiger partial charge on any atom is 0.254 e. The molecule has 8 heteroatoms. The molecule has 1 aliphatic rings. The molecule has 0 radical (unpaired) electrons. The molecular weight excluding hydrogens is 333 g/mol. The molecule has 2 aromatic heterocycles. The molecule has 1 N–H and O–H groups in total. The molecule has 0 atom stereocenters. The summed E-state index contributed by atoms with van der Waals surface area (Å²) in [6.45, 7) is 1.73. The molecule has 0 aliphatic heterocycles. The number of nitrogens with zero attached hydrogens (tertiary/aromatic N) is 2. The number of amides is 1. The second kappa shape index (κ2) is 5.59. The van der Waals surface area contributed by atoms with Gasteiger partial charge in [0.15, 0.2) is 5.82 Å². The van der Waals surface area contributed by atoms with Gasteiger partial charge in [0.25, 0.3) is 5.91 Å². The Kier molecular flexibility index (Phi) is 3.94. The molecule has 2 heterocycles. The van der Waals surface area contributed by atoms with Crippen LogP contribution in [0.1, 0.15) is 47.8 Å². The van der Waals surface area contributed by atoms with Crippen molar-refractivity contribution in [3.8, 4) is 0 Å². The molecule has 0 saturated heterocycles. The minimum absolute atomic E-state index is 0.257. The van der Waals surface area contributed by atoms with Gasteiger partial charge >= 0.3 is 0 Å². The molecule has 112 valence electrons. The van der Waals surface area contributed by atoms with Crippen LogP contribution in [0.2, 0.25) is 8.67 Å². The Balaban J connectivity index is 1.89. The van der Waals surface area contributed by atoms with Gasteiger partial charge in [-0.1, -0.05) is 41.2 Å². The Hall–Kier alpha value is -1.11. The Morgan fingerprint density at radius 1 is 1.43 bits per heavy atom. The Bertz CT molecular complexity index is 677. The average molecular weight is 346 g/mol. The van der Waals surface area contributed by atoms with Crippen LogP contribution in [0.15, 0.2) is 10.6 Å². The van der Waals surface area contributed by atoms with Gasteiger partial charge in [-0.05, 0) is 18.9 Å². The van der Waals surface area contributed by atoms with Crippen molar-refractivity contribution in [3.05, 3.63) is 32.0 Å². The lowest BCUT2D eigenvalue weighted by atomic mass is 9.96. The summed E-state index contributed by atoms with van der Waals surface area (Å²) >= 11 is 13.1. The zero-order chi connectivity index (χ0) is 15.0. The summed E-state index contributed by atoms with van der Waals surface area (Å²) < 4.78 is 5.93. The van der Waals surface area contributed by atoms with Crippen LogP contribution in [0.3, 0.4) is 0 Å². The van der Waals surface area contributed by atoms with Gasteiger partial charge in [-0.3, -0.25) is 4.79 Å². The lowest BCUT2D eigenvalue weighted by Crippen LogP contribution is -2.44. The van der Waals surface area contributed by atoms with Crippen molar-refractivity contribution in [3.63, 3.8) is 0 Å². The van der Waals surface area contributed by atoms with E-state index in [1.54, 1.807) is 13.0 Å². The summed E-state index contributed by atoms with van der Waals surface area (Å²) in [6.07, 6.45) is 3.58. The van der Waals surface area contributed by atoms with Gasteiger partial charge in [0, 0.05) is 6.92 Å². The summed E-state index contributed by atoms with van der Waals surface area (Å²) in [5.41, 5.74) is -0.190. The fourth-order valence-electron chi connectivity index (χ4n) is 2.66. The number of aryl methyl sites for hydroxylation is 1. The smallest absolute Gasteiger partial charge is 0.254 e. The van der Waals surface area contributed by atoms with Crippen LogP contribution in [-0.2, 0) is 5.54 Å². The van der Waals surface area contributed by atoms with Crippen LogP contribution in [0.4, 0.5) is 0 Å². The van der Waals surface area contributed by atoms with E-state index in [4.69, 9.17) is 27.7 Å². The summed E-state index contributed by atoms with van der Waals surface area (Å²) in [5, 5.41) is 7.02. The second-order valence-corrected chi connectivity index (χ2v) is 7.40. The number of aromatic nitrogens is 2. The van der Waals surface area contributed by atoms with Crippen LogP contribution in [0, 0.1) is 6.92 Å². The molecule has 0 spiro atoms. The van der Waals surface area contributed by atoms with Crippen molar-refractivity contribution in [1.82, 2.24) is 15.5 Å². The van der Waals surface area contributed by atoms with Crippen LogP contribution in [-0.4, -0.2) is 16.0 Å². The maximum atomic E-state index is 12.5. The molecule has 1 fully saturated rings. The van der Waals surface area contributed by atoms with Gasteiger partial charge in [-0.15, -0.1) is 11.3 Å². The number of nitrogens with one attached hydrogen (secondary N) is 1. The predicted molar refractivity (Wildman–Crippen MR) is 81.0 cm³/mol. The van der Waals surface area contributed by atoms with E-state index in [2.05, 4.69) is 15.5 Å². The zero-order valence-corrected chi connectivity index (χ0v) is 13.6. The summed E-state index contributed by atoms with van der Waals surface area (Å²) in [6, 6.07) is 1.58. The fraction of sp³-hybridized carbons (Fsp3) is 0.462. The SMILES string of the molecule is Cc1nc(C2(NC(=O)c3cc(Cl)sc3Cl)CCCC2)no1. The first-order valence-corrected chi connectivity index (χ1v) is 8.15. The largest absolute Gasteiger partial charge is 0.340 e. The highest BCUT2D eigenvalue weighted by Crippen LogP contribution is 2.38. The van der Waals surface area contributed by atoms with Gasteiger partial charge in [0.2, 0.25) is 5.89 Å². The van der Waals surface area contributed by atoms with Crippen LogP contribution in [0.5, 0.6) is 0 Å². The van der Waals surface area contributed by atoms with Gasteiger partial charge < -0.3 is 9.84 Å². The van der Waals surface area contributed by atoms with Crippen LogP contribution >= 0.6 is 34.5 Å². The third-order valence-corrected chi connectivity index (χ3v) is 5.15. The Morgan fingerprint density at radius 3 is 2.67 bits per heavy atom. The minimum atomic E-state index is -0.577. The Labute approximate surface area is 135 Å². The first-order valence-electron chi connectivity index (χ1n) is 6.58. The van der Waals surface area contributed by atoms with E-state index in [1.807, 2.05) is 0 Å². The fourth-order valence-corrected chi connectivity index (χ4v) is 4.11. The van der Waals surface area contributed by atoms with Crippen LogP contribution < -0.4 is 5.32 Å². The molecular formula is C13H13Cl2N3O2S. The third-order valence-electron chi connectivity index (χ3n) is 3.67. The number of hydrogen-bond acceptors (Lipinski definition) is 5. The first kappa shape index (κ1) is 14.8. The van der Waals surface area contributed by atoms with E-state index < -0.39 is 5.54 Å². The standard InChI is InChI=1S/C13H13Cl2N3O2S/c1-7-16-12(18-20-7)13(4-2-3-5-13)17-11(19)8-6-9(14)21-10(8)15/h6H,2-5H2,1H3,(H,17,19). The van der Waals surface area contributed by atoms with Gasteiger partial charge in [-0.2, -0.15) is 4.98 Å². The summed E-state index contributed by atoms with van der Waals surface area (Å²) in [5.74, 6) is 0.762. The molecule has 0 unspecified atom stereocenters. The van der Waals surface area contributed by atoms with E-state index in [-0.39, 0.29) is 5.91 Å². The van der Waals surface area contributed by atoms with Crippen LogP contribution in [0.25, 0.3) is 0 Å². The number of halogens is 2. The van der Waals surface area contributed by atoms with Gasteiger partial charge in [0.1, 0.15) is 9.88 Å². The van der Waals surface area contributed by atoms with Crippen molar-refractivity contribution < 1.29 is 9.32 Å². The number of rotatable bonds is 3. The van der Waals surface area contributed by atoms with Crippen molar-refractivity contribution in [2.75, 3.05) is 0 Å². The van der Waals surface area contributed by atoms with E-state index in [1.165, 1.54) is 11.3 Å². The molecule has 5 nitrogen and oxygen atoms in total. The highest BCUT2D eigenvalue weighted by atomic mass is 35.5. The summed E-state index contributed by atoms with van der Waals surface area (Å²) in [7, 11) is 0. The second-order valence-electron chi connectivity index (χ2n) is 5.12. The van der Waals surface area contributed by atoms with Crippen molar-refractivity contribution >= 4 is 40.4 Å². The average Bonchev–Trinajstić information content (AvgIpc) is 3.11. The van der Waals surface area contributed by atoms with E-state index in [0.717, 1.165) is 25.7 Å². The van der Waals surface area contributed by atoms with E-state index in [0.29, 0.717) is 26.0 Å². The molecule has 0 bridgehead atoms. The van der Waals surface area contributed by atoms with E-state index >= 15 is 0 Å². The highest BCUT2D eigenvalue weighted by Gasteiger charge is 2.41. The van der Waals surface area contributed by atoms with Gasteiger partial charge in [-0.25, -0.2) is 0 Å². The number of carbonyl (C=O) groups is 1. The third kappa shape index (κ3) is 2.80. The molecule has 2 aromatic rings. The first-order chi connectivity index (χ1) is 10.00. The molecule has 1 aliphatic carbocycles. The number of hydrogen-bond donors (Lipinski definition) is 1. The Morgan fingerprint density at radius 2 is 2.14 bits per heavy atom. The van der Waals surface area contributed by atoms with E-state index in [9.17, 15) is 4.79 Å². The predicted octanol–water partition coefficient (Wildman–Crippen LogP) is 3.95. The quantitative estimate of drug-likeness (QED) is 0.914. The molecule has 0 aromatic carbocycles. The lowest BCUT2D eigenvalue weighted by Gasteiger charge is -2.26. The van der Waals surface area contributed by atoms with Gasteiger partial charge in [0.05, 0.1) is 9.90 Å². The summed E-state index contributed by atoms with van der Waals surface area (Å²) in [4.78, 5) is 16.8.